The molecule has 1 rings (SSSR count). The lowest BCUT2D eigenvalue weighted by Crippen LogP contribution is -2.14. The lowest BCUT2D eigenvalue weighted by atomic mass is 10.2. The Morgan fingerprint density at radius 3 is 2.22 bits per heavy atom. The quantitative estimate of drug-likeness (QED) is 0.544. The molecule has 0 heterocycles. The Balaban J connectivity index is 3.05. The van der Waals surface area contributed by atoms with Crippen LogP contribution in [0.5, 0.6) is 11.5 Å². The third-order valence-electron chi connectivity index (χ3n) is 2.30. The number of aromatic hydroxyl groups is 2. The van der Waals surface area contributed by atoms with Crippen LogP contribution >= 0.6 is 7.60 Å². The van der Waals surface area contributed by atoms with E-state index in [0.29, 0.717) is 5.56 Å². The lowest BCUT2D eigenvalue weighted by Gasteiger charge is -2.23. The van der Waals surface area contributed by atoms with Gasteiger partial charge in [0.1, 0.15) is 5.78 Å². The van der Waals surface area contributed by atoms with Gasteiger partial charge in [-0.1, -0.05) is 6.07 Å². The number of benzene rings is 1. The summed E-state index contributed by atoms with van der Waals surface area (Å²) in [6, 6.07) is 3.97. The molecule has 0 aliphatic carbocycles. The number of phenols is 2. The van der Waals surface area contributed by atoms with Crippen LogP contribution in [0.2, 0.25) is 0 Å². The molecule has 0 saturated heterocycles. The minimum atomic E-state index is -3.48. The summed E-state index contributed by atoms with van der Waals surface area (Å²) in [6.07, 6.45) is 0. The van der Waals surface area contributed by atoms with Crippen LogP contribution in [0.25, 0.3) is 0 Å². The third kappa shape index (κ3) is 3.23. The Hall–Kier alpha value is -1.07. The molecular formula is C11H18NO5P. The zero-order valence-electron chi connectivity index (χ0n) is 10.4. The molecule has 0 fully saturated rings. The van der Waals surface area contributed by atoms with Crippen LogP contribution in [0.4, 0.5) is 0 Å². The largest absolute Gasteiger partial charge is 0.504 e. The molecule has 0 aliphatic rings. The van der Waals surface area contributed by atoms with Crippen LogP contribution in [0.15, 0.2) is 18.2 Å². The zero-order chi connectivity index (χ0) is 13.8. The van der Waals surface area contributed by atoms with Crippen molar-refractivity contribution < 1.29 is 23.8 Å². The first-order valence-corrected chi connectivity index (χ1v) is 7.22. The van der Waals surface area contributed by atoms with E-state index in [1.807, 2.05) is 0 Å². The molecule has 0 radical (unpaired) electrons. The Morgan fingerprint density at radius 1 is 1.22 bits per heavy atom. The van der Waals surface area contributed by atoms with Gasteiger partial charge in [-0.2, -0.15) is 0 Å². The second kappa shape index (κ2) is 6.20. The highest BCUT2D eigenvalue weighted by Crippen LogP contribution is 2.58. The number of nitrogens with two attached hydrogens (primary N) is 1. The Kier molecular flexibility index (Phi) is 5.16. The highest BCUT2D eigenvalue weighted by atomic mass is 31.2. The summed E-state index contributed by atoms with van der Waals surface area (Å²) in [6.45, 7) is 3.78. The fourth-order valence-electron chi connectivity index (χ4n) is 1.46. The zero-order valence-corrected chi connectivity index (χ0v) is 11.3. The number of hydrogen-bond donors (Lipinski definition) is 3. The van der Waals surface area contributed by atoms with Crippen molar-refractivity contribution in [2.24, 2.45) is 5.73 Å². The first kappa shape index (κ1) is 15.0. The monoisotopic (exact) mass is 275 g/mol. The first-order valence-electron chi connectivity index (χ1n) is 5.60. The molecule has 1 atom stereocenters. The molecule has 7 heteroatoms. The molecule has 0 spiro atoms. The molecule has 1 aromatic rings. The molecule has 4 N–H and O–H groups in total. The van der Waals surface area contributed by atoms with Crippen molar-refractivity contribution in [3.8, 4) is 11.5 Å². The van der Waals surface area contributed by atoms with Gasteiger partial charge in [0.25, 0.3) is 0 Å². The van der Waals surface area contributed by atoms with Gasteiger partial charge in [-0.15, -0.1) is 0 Å². The van der Waals surface area contributed by atoms with Gasteiger partial charge < -0.3 is 25.0 Å². The van der Waals surface area contributed by atoms with Gasteiger partial charge >= 0.3 is 7.60 Å². The number of hydrogen-bond acceptors (Lipinski definition) is 6. The molecular weight excluding hydrogens is 257 g/mol. The maximum absolute atomic E-state index is 12.4. The Labute approximate surface area is 106 Å². The van der Waals surface area contributed by atoms with Gasteiger partial charge in [-0.05, 0) is 31.5 Å². The van der Waals surface area contributed by atoms with E-state index >= 15 is 0 Å². The number of rotatable bonds is 6. The SMILES string of the molecule is CCOP(=O)(OCC)[C@H](N)c1ccc(O)c(O)c1. The lowest BCUT2D eigenvalue weighted by molar-refractivity contribution is 0.212. The van der Waals surface area contributed by atoms with Crippen LogP contribution < -0.4 is 5.73 Å². The average Bonchev–Trinajstić information content (AvgIpc) is 2.32. The summed E-state index contributed by atoms with van der Waals surface area (Å²) in [4.78, 5) is 0. The average molecular weight is 275 g/mol. The number of phenolic OH excluding ortho intramolecular Hbond substituents is 2. The van der Waals surface area contributed by atoms with Crippen molar-refractivity contribution in [3.63, 3.8) is 0 Å². The highest BCUT2D eigenvalue weighted by Gasteiger charge is 2.34. The van der Waals surface area contributed by atoms with Gasteiger partial charge in [0, 0.05) is 0 Å². The third-order valence-corrected chi connectivity index (χ3v) is 4.52. The molecule has 0 saturated carbocycles. The summed E-state index contributed by atoms with van der Waals surface area (Å²) in [5, 5.41) is 18.6. The van der Waals surface area contributed by atoms with Gasteiger partial charge in [0.2, 0.25) is 0 Å². The second-order valence-electron chi connectivity index (χ2n) is 3.57. The standard InChI is InChI=1S/C11H18NO5P/c1-3-16-18(15,17-4-2)11(12)8-5-6-9(13)10(14)7-8/h5-7,11,13-14H,3-4,12H2,1-2H3/t11-/m0/s1. The van der Waals surface area contributed by atoms with Crippen molar-refractivity contribution in [1.82, 2.24) is 0 Å². The van der Waals surface area contributed by atoms with E-state index in [2.05, 4.69) is 0 Å². The second-order valence-corrected chi connectivity index (χ2v) is 5.72. The Morgan fingerprint density at radius 2 is 1.78 bits per heavy atom. The first-order chi connectivity index (χ1) is 8.44. The smallest absolute Gasteiger partial charge is 0.351 e. The van der Waals surface area contributed by atoms with Crippen molar-refractivity contribution in [3.05, 3.63) is 23.8 Å². The van der Waals surface area contributed by atoms with Crippen LogP contribution in [-0.4, -0.2) is 23.4 Å². The highest BCUT2D eigenvalue weighted by molar-refractivity contribution is 7.54. The molecule has 0 unspecified atom stereocenters. The molecule has 0 amide bonds. The van der Waals surface area contributed by atoms with Crippen LogP contribution in [0, 0.1) is 0 Å². The topological polar surface area (TPSA) is 102 Å². The van der Waals surface area contributed by atoms with Gasteiger partial charge in [0.15, 0.2) is 11.5 Å². The van der Waals surface area contributed by atoms with E-state index < -0.39 is 13.4 Å². The van der Waals surface area contributed by atoms with Gasteiger partial charge in [-0.3, -0.25) is 4.57 Å². The summed E-state index contributed by atoms with van der Waals surface area (Å²) >= 11 is 0. The maximum atomic E-state index is 12.4. The molecule has 1 aromatic carbocycles. The van der Waals surface area contributed by atoms with E-state index in [0.717, 1.165) is 0 Å². The van der Waals surface area contributed by atoms with Crippen molar-refractivity contribution in [2.75, 3.05) is 13.2 Å². The van der Waals surface area contributed by atoms with Crippen LogP contribution in [0.1, 0.15) is 25.2 Å². The maximum Gasteiger partial charge on any atom is 0.351 e. The Bertz CT molecular complexity index is 441. The molecule has 0 aliphatic heterocycles. The summed E-state index contributed by atoms with van der Waals surface area (Å²) < 4.78 is 22.6. The summed E-state index contributed by atoms with van der Waals surface area (Å²) in [5.74, 6) is -1.61. The minimum Gasteiger partial charge on any atom is -0.504 e. The van der Waals surface area contributed by atoms with Crippen molar-refractivity contribution in [1.29, 1.82) is 0 Å². The summed E-state index contributed by atoms with van der Waals surface area (Å²) in [7, 11) is -3.48. The van der Waals surface area contributed by atoms with E-state index in [1.54, 1.807) is 13.8 Å². The van der Waals surface area contributed by atoms with Crippen molar-refractivity contribution >= 4 is 7.60 Å². The minimum absolute atomic E-state index is 0.203. The van der Waals surface area contributed by atoms with E-state index in [-0.39, 0.29) is 24.7 Å². The summed E-state index contributed by atoms with van der Waals surface area (Å²) in [5.41, 5.74) is 6.23. The molecule has 18 heavy (non-hydrogen) atoms. The fourth-order valence-corrected chi connectivity index (χ4v) is 3.11. The molecule has 0 bridgehead atoms. The predicted molar refractivity (Wildman–Crippen MR) is 67.6 cm³/mol. The molecule has 0 aromatic heterocycles. The fraction of sp³-hybridized carbons (Fsp3) is 0.455. The van der Waals surface area contributed by atoms with E-state index in [4.69, 9.17) is 14.8 Å². The van der Waals surface area contributed by atoms with Crippen LogP contribution in [-0.2, 0) is 13.6 Å². The van der Waals surface area contributed by atoms with E-state index in [9.17, 15) is 14.8 Å². The normalized spacial score (nSPS) is 13.5. The molecule has 6 nitrogen and oxygen atoms in total. The van der Waals surface area contributed by atoms with E-state index in [1.165, 1.54) is 18.2 Å². The van der Waals surface area contributed by atoms with Gasteiger partial charge in [0.05, 0.1) is 13.2 Å². The predicted octanol–water partition coefficient (Wildman–Crippen LogP) is 2.32. The van der Waals surface area contributed by atoms with Crippen molar-refractivity contribution in [2.45, 2.75) is 19.6 Å². The molecule has 102 valence electrons. The van der Waals surface area contributed by atoms with Gasteiger partial charge in [-0.25, -0.2) is 0 Å². The van der Waals surface area contributed by atoms with Crippen LogP contribution in [0.3, 0.4) is 0 Å².